The maximum absolute atomic E-state index is 10.7. The van der Waals surface area contributed by atoms with Crippen molar-refractivity contribution >= 4 is 11.8 Å². The van der Waals surface area contributed by atoms with Gasteiger partial charge in [0.2, 0.25) is 0 Å². The van der Waals surface area contributed by atoms with E-state index in [-0.39, 0.29) is 0 Å². The van der Waals surface area contributed by atoms with Gasteiger partial charge in [-0.05, 0) is 36.1 Å². The van der Waals surface area contributed by atoms with E-state index in [2.05, 4.69) is 0 Å². The van der Waals surface area contributed by atoms with E-state index in [0.29, 0.717) is 17.1 Å². The Hall–Kier alpha value is -1.65. The van der Waals surface area contributed by atoms with E-state index in [0.717, 1.165) is 10.5 Å². The molecule has 2 aromatic rings. The van der Waals surface area contributed by atoms with Gasteiger partial charge in [-0.25, -0.2) is 0 Å². The number of aliphatic hydroxyl groups excluding tert-OH is 1. The van der Waals surface area contributed by atoms with E-state index >= 15 is 0 Å². The second kappa shape index (κ2) is 6.68. The van der Waals surface area contributed by atoms with Crippen LogP contribution < -0.4 is 9.47 Å². The predicted octanol–water partition coefficient (Wildman–Crippen LogP) is 3.51. The Morgan fingerprint density at radius 1 is 1.00 bits per heavy atom. The lowest BCUT2D eigenvalue weighted by molar-refractivity contribution is 0.211. The fourth-order valence-electron chi connectivity index (χ4n) is 2.11. The first-order chi connectivity index (χ1) is 9.71. The highest BCUT2D eigenvalue weighted by molar-refractivity contribution is 7.98. The number of thioether (sulfide) groups is 1. The van der Waals surface area contributed by atoms with Gasteiger partial charge < -0.3 is 14.6 Å². The second-order valence-electron chi connectivity index (χ2n) is 4.25. The van der Waals surface area contributed by atoms with E-state index in [1.807, 2.05) is 36.6 Å². The van der Waals surface area contributed by atoms with Crippen molar-refractivity contribution in [1.29, 1.82) is 0 Å². The molecule has 2 aromatic carbocycles. The molecule has 0 radical (unpaired) electrons. The van der Waals surface area contributed by atoms with Crippen LogP contribution in [0.1, 0.15) is 17.2 Å². The molecule has 0 aliphatic rings. The summed E-state index contributed by atoms with van der Waals surface area (Å²) >= 11 is 1.61. The van der Waals surface area contributed by atoms with Crippen molar-refractivity contribution in [2.24, 2.45) is 0 Å². The van der Waals surface area contributed by atoms with Gasteiger partial charge in [-0.2, -0.15) is 0 Å². The van der Waals surface area contributed by atoms with E-state index in [1.165, 1.54) is 0 Å². The molecule has 0 spiro atoms. The highest BCUT2D eigenvalue weighted by Crippen LogP contribution is 2.36. The van der Waals surface area contributed by atoms with Crippen molar-refractivity contribution in [2.45, 2.75) is 11.0 Å². The Morgan fingerprint density at radius 2 is 1.75 bits per heavy atom. The first kappa shape index (κ1) is 14.8. The standard InChI is InChI=1S/C16H18O3S/c1-18-11-8-9-14(19-2)13(10-11)16(17)12-6-4-5-7-15(12)20-3/h4-10,16-17H,1-3H3. The van der Waals surface area contributed by atoms with Crippen LogP contribution in [0, 0.1) is 0 Å². The zero-order valence-corrected chi connectivity index (χ0v) is 12.6. The molecule has 0 bridgehead atoms. The van der Waals surface area contributed by atoms with Gasteiger partial charge in [0, 0.05) is 10.5 Å². The summed E-state index contributed by atoms with van der Waals surface area (Å²) in [5, 5.41) is 10.7. The third-order valence-electron chi connectivity index (χ3n) is 3.16. The van der Waals surface area contributed by atoms with Gasteiger partial charge in [-0.3, -0.25) is 0 Å². The van der Waals surface area contributed by atoms with Crippen LogP contribution >= 0.6 is 11.8 Å². The van der Waals surface area contributed by atoms with Crippen LogP contribution in [0.2, 0.25) is 0 Å². The Balaban J connectivity index is 2.49. The minimum Gasteiger partial charge on any atom is -0.497 e. The molecule has 0 aliphatic carbocycles. The summed E-state index contributed by atoms with van der Waals surface area (Å²) in [6.07, 6.45) is 1.25. The lowest BCUT2D eigenvalue weighted by Crippen LogP contribution is -2.04. The Bertz CT molecular complexity index is 584. The molecular formula is C16H18O3S. The van der Waals surface area contributed by atoms with Crippen molar-refractivity contribution in [1.82, 2.24) is 0 Å². The van der Waals surface area contributed by atoms with Crippen LogP contribution in [0.25, 0.3) is 0 Å². The minimum atomic E-state index is -0.747. The van der Waals surface area contributed by atoms with Crippen LogP contribution in [0.5, 0.6) is 11.5 Å². The van der Waals surface area contributed by atoms with E-state index in [9.17, 15) is 5.11 Å². The number of hydrogen-bond acceptors (Lipinski definition) is 4. The van der Waals surface area contributed by atoms with Crippen molar-refractivity contribution in [3.63, 3.8) is 0 Å². The van der Waals surface area contributed by atoms with Crippen LogP contribution in [0.4, 0.5) is 0 Å². The highest BCUT2D eigenvalue weighted by atomic mass is 32.2. The molecule has 1 unspecified atom stereocenters. The molecule has 20 heavy (non-hydrogen) atoms. The largest absolute Gasteiger partial charge is 0.497 e. The number of hydrogen-bond donors (Lipinski definition) is 1. The summed E-state index contributed by atoms with van der Waals surface area (Å²) < 4.78 is 10.6. The predicted molar refractivity (Wildman–Crippen MR) is 81.8 cm³/mol. The number of methoxy groups -OCH3 is 2. The molecule has 1 atom stereocenters. The number of ether oxygens (including phenoxy) is 2. The van der Waals surface area contributed by atoms with Crippen molar-refractivity contribution < 1.29 is 14.6 Å². The molecule has 4 heteroatoms. The van der Waals surface area contributed by atoms with Gasteiger partial charge in [-0.15, -0.1) is 11.8 Å². The number of rotatable bonds is 5. The quantitative estimate of drug-likeness (QED) is 0.855. The average molecular weight is 290 g/mol. The normalized spacial score (nSPS) is 12.0. The lowest BCUT2D eigenvalue weighted by Gasteiger charge is -2.18. The molecule has 1 N–H and O–H groups in total. The summed E-state index contributed by atoms with van der Waals surface area (Å²) in [5.41, 5.74) is 1.57. The summed E-state index contributed by atoms with van der Waals surface area (Å²) in [5.74, 6) is 1.34. The lowest BCUT2D eigenvalue weighted by atomic mass is 10.0. The first-order valence-corrected chi connectivity index (χ1v) is 7.46. The molecule has 0 amide bonds. The maximum Gasteiger partial charge on any atom is 0.125 e. The molecular weight excluding hydrogens is 272 g/mol. The molecule has 0 heterocycles. The summed E-state index contributed by atoms with van der Waals surface area (Å²) in [7, 11) is 3.20. The SMILES string of the molecule is COc1ccc(OC)c(C(O)c2ccccc2SC)c1. The molecule has 3 nitrogen and oxygen atoms in total. The first-order valence-electron chi connectivity index (χ1n) is 6.24. The van der Waals surface area contributed by atoms with Gasteiger partial charge in [0.05, 0.1) is 14.2 Å². The molecule has 0 aromatic heterocycles. The monoisotopic (exact) mass is 290 g/mol. The zero-order chi connectivity index (χ0) is 14.5. The Labute approximate surface area is 123 Å². The van der Waals surface area contributed by atoms with E-state index in [4.69, 9.17) is 9.47 Å². The summed E-state index contributed by atoms with van der Waals surface area (Å²) in [6.45, 7) is 0. The smallest absolute Gasteiger partial charge is 0.125 e. The van der Waals surface area contributed by atoms with Crippen molar-refractivity contribution in [3.8, 4) is 11.5 Å². The number of aliphatic hydroxyl groups is 1. The highest BCUT2D eigenvalue weighted by Gasteiger charge is 2.18. The zero-order valence-electron chi connectivity index (χ0n) is 11.8. The fourth-order valence-corrected chi connectivity index (χ4v) is 2.74. The van der Waals surface area contributed by atoms with Gasteiger partial charge in [0.1, 0.15) is 17.6 Å². The molecule has 2 rings (SSSR count). The van der Waals surface area contributed by atoms with Gasteiger partial charge >= 0.3 is 0 Å². The minimum absolute atomic E-state index is 0.647. The van der Waals surface area contributed by atoms with Gasteiger partial charge in [0.15, 0.2) is 0 Å². The maximum atomic E-state index is 10.7. The van der Waals surface area contributed by atoms with Gasteiger partial charge in [0.25, 0.3) is 0 Å². The average Bonchev–Trinajstić information content (AvgIpc) is 2.53. The summed E-state index contributed by atoms with van der Waals surface area (Å²) in [6, 6.07) is 13.2. The van der Waals surface area contributed by atoms with Crippen LogP contribution in [-0.4, -0.2) is 25.6 Å². The van der Waals surface area contributed by atoms with Crippen LogP contribution in [0.15, 0.2) is 47.4 Å². The summed E-state index contributed by atoms with van der Waals surface area (Å²) in [4.78, 5) is 1.05. The van der Waals surface area contributed by atoms with Gasteiger partial charge in [-0.1, -0.05) is 18.2 Å². The third kappa shape index (κ3) is 2.92. The van der Waals surface area contributed by atoms with Crippen LogP contribution in [-0.2, 0) is 0 Å². The molecule has 0 fully saturated rings. The Morgan fingerprint density at radius 3 is 2.40 bits per heavy atom. The molecule has 0 aliphatic heterocycles. The van der Waals surface area contributed by atoms with E-state index in [1.54, 1.807) is 38.1 Å². The third-order valence-corrected chi connectivity index (χ3v) is 3.98. The van der Waals surface area contributed by atoms with Crippen molar-refractivity contribution in [2.75, 3.05) is 20.5 Å². The topological polar surface area (TPSA) is 38.7 Å². The Kier molecular flexibility index (Phi) is 4.93. The second-order valence-corrected chi connectivity index (χ2v) is 5.10. The molecule has 0 saturated heterocycles. The fraction of sp³-hybridized carbons (Fsp3) is 0.250. The molecule has 106 valence electrons. The number of benzene rings is 2. The van der Waals surface area contributed by atoms with E-state index < -0.39 is 6.10 Å². The molecule has 0 saturated carbocycles. The van der Waals surface area contributed by atoms with Crippen molar-refractivity contribution in [3.05, 3.63) is 53.6 Å². The van der Waals surface area contributed by atoms with Crippen LogP contribution in [0.3, 0.4) is 0 Å².